The van der Waals surface area contributed by atoms with Crippen LogP contribution in [-0.4, -0.2) is 9.13 Å². The Balaban J connectivity index is 1.52. The van der Waals surface area contributed by atoms with E-state index in [1.807, 2.05) is 42.5 Å². The molecule has 0 N–H and O–H groups in total. The summed E-state index contributed by atoms with van der Waals surface area (Å²) < 4.78 is 4.60. The minimum absolute atomic E-state index is 0.639. The van der Waals surface area contributed by atoms with E-state index in [9.17, 15) is 10.5 Å². The summed E-state index contributed by atoms with van der Waals surface area (Å²) in [6.07, 6.45) is 0. The highest BCUT2D eigenvalue weighted by atomic mass is 15.0. The van der Waals surface area contributed by atoms with Gasteiger partial charge in [0.15, 0.2) is 0 Å². The molecule has 0 unspecified atom stereocenters. The van der Waals surface area contributed by atoms with Gasteiger partial charge in [-0.1, -0.05) is 66.7 Å². The quantitative estimate of drug-likeness (QED) is 0.227. The maximum atomic E-state index is 9.70. The lowest BCUT2D eigenvalue weighted by Gasteiger charge is -2.13. The Morgan fingerprint density at radius 3 is 1.86 bits per heavy atom. The molecule has 0 aliphatic carbocycles. The number of para-hydroxylation sites is 3. The summed E-state index contributed by atoms with van der Waals surface area (Å²) in [5.74, 6) is 0. The Kier molecular flexibility index (Phi) is 5.22. The fraction of sp³-hybridized carbons (Fsp3) is 0. The van der Waals surface area contributed by atoms with Crippen molar-refractivity contribution in [2.45, 2.75) is 0 Å². The number of hydrogen-bond acceptors (Lipinski definition) is 2. The lowest BCUT2D eigenvalue weighted by molar-refractivity contribution is 1.18. The minimum atomic E-state index is 0.639. The Labute approximate surface area is 242 Å². The predicted octanol–water partition coefficient (Wildman–Crippen LogP) is 9.29. The van der Waals surface area contributed by atoms with E-state index in [0.29, 0.717) is 11.1 Å². The monoisotopic (exact) mass is 534 g/mol. The summed E-state index contributed by atoms with van der Waals surface area (Å²) in [4.78, 5) is 0. The summed E-state index contributed by atoms with van der Waals surface area (Å²) in [6.45, 7) is 0. The maximum absolute atomic E-state index is 9.70. The number of nitrogens with zero attached hydrogens (tertiary/aromatic N) is 4. The van der Waals surface area contributed by atoms with Crippen molar-refractivity contribution in [2.24, 2.45) is 0 Å². The van der Waals surface area contributed by atoms with Gasteiger partial charge < -0.3 is 9.13 Å². The third kappa shape index (κ3) is 3.40. The molecule has 4 heteroatoms. The second-order valence-electron chi connectivity index (χ2n) is 10.4. The highest BCUT2D eigenvalue weighted by Crippen LogP contribution is 2.43. The molecular formula is C38H22N4. The lowest BCUT2D eigenvalue weighted by atomic mass is 9.97. The summed E-state index contributed by atoms with van der Waals surface area (Å²) in [7, 11) is 0. The Morgan fingerprint density at radius 2 is 1.05 bits per heavy atom. The highest BCUT2D eigenvalue weighted by Gasteiger charge is 2.21. The van der Waals surface area contributed by atoms with E-state index in [4.69, 9.17) is 0 Å². The zero-order chi connectivity index (χ0) is 28.2. The zero-order valence-electron chi connectivity index (χ0n) is 22.5. The van der Waals surface area contributed by atoms with Crippen LogP contribution in [0.4, 0.5) is 0 Å². The van der Waals surface area contributed by atoms with Gasteiger partial charge in [-0.15, -0.1) is 0 Å². The van der Waals surface area contributed by atoms with Crippen molar-refractivity contribution >= 4 is 43.6 Å². The molecule has 6 aromatic carbocycles. The van der Waals surface area contributed by atoms with E-state index in [1.165, 1.54) is 10.8 Å². The number of aromatic nitrogens is 2. The van der Waals surface area contributed by atoms with Crippen LogP contribution in [0.1, 0.15) is 11.1 Å². The van der Waals surface area contributed by atoms with Gasteiger partial charge in [0.2, 0.25) is 0 Å². The third-order valence-corrected chi connectivity index (χ3v) is 8.17. The fourth-order valence-corrected chi connectivity index (χ4v) is 6.41. The molecular weight excluding hydrogens is 512 g/mol. The van der Waals surface area contributed by atoms with Gasteiger partial charge in [0.1, 0.15) is 0 Å². The molecule has 2 heterocycles. The van der Waals surface area contributed by atoms with Crippen LogP contribution < -0.4 is 0 Å². The number of rotatable bonds is 3. The van der Waals surface area contributed by atoms with Crippen molar-refractivity contribution in [1.82, 2.24) is 9.13 Å². The largest absolute Gasteiger partial charge is 0.309 e. The summed E-state index contributed by atoms with van der Waals surface area (Å²) in [5, 5.41) is 23.6. The van der Waals surface area contributed by atoms with E-state index < -0.39 is 0 Å². The van der Waals surface area contributed by atoms with Crippen molar-refractivity contribution in [3.8, 4) is 34.6 Å². The van der Waals surface area contributed by atoms with Gasteiger partial charge in [-0.05, 0) is 72.3 Å². The normalized spacial score (nSPS) is 11.3. The SMILES string of the molecule is N#Cc1ccc(-n2c3ccccc3c3c(-c4cccc5c6cc(C#N)ccc6n(-c6ccccc6)c45)cccc32)cc1. The van der Waals surface area contributed by atoms with Crippen LogP contribution in [0, 0.1) is 22.7 Å². The molecule has 8 rings (SSSR count). The van der Waals surface area contributed by atoms with Crippen molar-refractivity contribution in [3.05, 3.63) is 145 Å². The molecule has 0 fully saturated rings. The van der Waals surface area contributed by atoms with Crippen molar-refractivity contribution < 1.29 is 0 Å². The molecule has 0 spiro atoms. The van der Waals surface area contributed by atoms with E-state index in [2.05, 4.69) is 112 Å². The first kappa shape index (κ1) is 23.8. The maximum Gasteiger partial charge on any atom is 0.0991 e. The van der Waals surface area contributed by atoms with Crippen LogP contribution in [0.25, 0.3) is 66.1 Å². The Bertz CT molecular complexity index is 2410. The number of benzene rings is 6. The van der Waals surface area contributed by atoms with E-state index in [0.717, 1.165) is 55.3 Å². The molecule has 0 radical (unpaired) electrons. The van der Waals surface area contributed by atoms with E-state index in [1.54, 1.807) is 0 Å². The van der Waals surface area contributed by atoms with Crippen molar-refractivity contribution in [3.63, 3.8) is 0 Å². The molecule has 0 saturated carbocycles. The van der Waals surface area contributed by atoms with Gasteiger partial charge in [-0.3, -0.25) is 0 Å². The van der Waals surface area contributed by atoms with Crippen molar-refractivity contribution in [2.75, 3.05) is 0 Å². The average Bonchev–Trinajstić information content (AvgIpc) is 3.58. The second kappa shape index (κ2) is 9.24. The fourth-order valence-electron chi connectivity index (χ4n) is 6.41. The molecule has 194 valence electrons. The highest BCUT2D eigenvalue weighted by molar-refractivity contribution is 6.20. The van der Waals surface area contributed by atoms with Gasteiger partial charge in [-0.25, -0.2) is 0 Å². The van der Waals surface area contributed by atoms with Crippen molar-refractivity contribution in [1.29, 1.82) is 10.5 Å². The first-order valence-electron chi connectivity index (χ1n) is 13.8. The molecule has 0 bridgehead atoms. The zero-order valence-corrected chi connectivity index (χ0v) is 22.5. The minimum Gasteiger partial charge on any atom is -0.309 e. The first-order chi connectivity index (χ1) is 20.8. The molecule has 4 nitrogen and oxygen atoms in total. The second-order valence-corrected chi connectivity index (χ2v) is 10.4. The smallest absolute Gasteiger partial charge is 0.0991 e. The van der Waals surface area contributed by atoms with Crippen LogP contribution in [0.2, 0.25) is 0 Å². The van der Waals surface area contributed by atoms with Gasteiger partial charge in [0, 0.05) is 38.5 Å². The molecule has 0 aliphatic rings. The van der Waals surface area contributed by atoms with Gasteiger partial charge in [0.05, 0.1) is 45.3 Å². The number of hydrogen-bond donors (Lipinski definition) is 0. The Hall–Kier alpha value is -6.10. The number of fused-ring (bicyclic) bond motifs is 6. The number of nitriles is 2. The van der Waals surface area contributed by atoms with E-state index in [-0.39, 0.29) is 0 Å². The average molecular weight is 535 g/mol. The molecule has 42 heavy (non-hydrogen) atoms. The van der Waals surface area contributed by atoms with Crippen LogP contribution in [0.15, 0.2) is 133 Å². The van der Waals surface area contributed by atoms with Crippen LogP contribution in [0.5, 0.6) is 0 Å². The molecule has 0 amide bonds. The summed E-state index contributed by atoms with van der Waals surface area (Å²) in [6, 6.07) is 50.2. The molecule has 0 aliphatic heterocycles. The molecule has 2 aromatic heterocycles. The topological polar surface area (TPSA) is 57.4 Å². The van der Waals surface area contributed by atoms with Crippen LogP contribution in [0.3, 0.4) is 0 Å². The van der Waals surface area contributed by atoms with Gasteiger partial charge in [-0.2, -0.15) is 10.5 Å². The molecule has 8 aromatic rings. The summed E-state index contributed by atoms with van der Waals surface area (Å²) in [5.41, 5.74) is 10.0. The predicted molar refractivity (Wildman–Crippen MR) is 170 cm³/mol. The molecule has 0 saturated heterocycles. The van der Waals surface area contributed by atoms with Crippen LogP contribution >= 0.6 is 0 Å². The molecule has 0 atom stereocenters. The Morgan fingerprint density at radius 1 is 0.429 bits per heavy atom. The van der Waals surface area contributed by atoms with Gasteiger partial charge in [0.25, 0.3) is 0 Å². The van der Waals surface area contributed by atoms with Crippen LogP contribution in [-0.2, 0) is 0 Å². The lowest BCUT2D eigenvalue weighted by Crippen LogP contribution is -1.96. The first-order valence-corrected chi connectivity index (χ1v) is 13.8. The standard InChI is InChI=1S/C38H22N4/c39-23-25-16-19-28(20-17-25)41-34-14-5-4-10-32(34)37-29(11-7-15-36(37)41)30-12-6-13-31-33-22-26(24-40)18-21-35(33)42(38(30)31)27-8-2-1-3-9-27/h1-22H. The third-order valence-electron chi connectivity index (χ3n) is 8.17. The van der Waals surface area contributed by atoms with E-state index >= 15 is 0 Å². The van der Waals surface area contributed by atoms with Gasteiger partial charge >= 0.3 is 0 Å². The summed E-state index contributed by atoms with van der Waals surface area (Å²) >= 11 is 0.